The van der Waals surface area contributed by atoms with E-state index in [0.29, 0.717) is 0 Å². The molecule has 0 unspecified atom stereocenters. The molecule has 0 radical (unpaired) electrons. The zero-order valence-corrected chi connectivity index (χ0v) is 9.23. The number of ether oxygens (including phenoxy) is 2. The quantitative estimate of drug-likeness (QED) is 0.454. The number of rotatable bonds is 4. The number of hydrogen-bond acceptors (Lipinski definition) is 5. The van der Waals surface area contributed by atoms with E-state index < -0.39 is 22.4 Å². The molecule has 1 aromatic rings. The van der Waals surface area contributed by atoms with Crippen molar-refractivity contribution in [2.45, 2.75) is 6.42 Å². The molecule has 0 bridgehead atoms. The molecule has 0 N–H and O–H groups in total. The second kappa shape index (κ2) is 5.24. The number of nitro groups is 1. The Bertz CT molecular complexity index is 460. The fourth-order valence-electron chi connectivity index (χ4n) is 1.28. The number of carbonyl (C=O) groups excluding carboxylic acids is 1. The number of methoxy groups -OCH3 is 2. The Morgan fingerprint density at radius 1 is 1.47 bits per heavy atom. The van der Waals surface area contributed by atoms with Crippen molar-refractivity contribution in [2.24, 2.45) is 0 Å². The third-order valence-electron chi connectivity index (χ3n) is 2.11. The predicted molar refractivity (Wildman–Crippen MR) is 55.3 cm³/mol. The monoisotopic (exact) mass is 243 g/mol. The summed E-state index contributed by atoms with van der Waals surface area (Å²) in [5.41, 5.74) is -0.503. The van der Waals surface area contributed by atoms with E-state index in [9.17, 15) is 19.3 Å². The molecule has 0 fully saturated rings. The number of nitro benzene ring substituents is 1. The van der Waals surface area contributed by atoms with Crippen LogP contribution in [0.25, 0.3) is 0 Å². The summed E-state index contributed by atoms with van der Waals surface area (Å²) < 4.78 is 22.5. The molecule has 1 aromatic carbocycles. The largest absolute Gasteiger partial charge is 0.496 e. The number of halogens is 1. The van der Waals surface area contributed by atoms with Crippen LogP contribution >= 0.6 is 0 Å². The molecule has 17 heavy (non-hydrogen) atoms. The Labute approximate surface area is 96.1 Å². The van der Waals surface area contributed by atoms with Crippen LogP contribution in [0.3, 0.4) is 0 Å². The van der Waals surface area contributed by atoms with Crippen LogP contribution in [0.4, 0.5) is 10.1 Å². The van der Waals surface area contributed by atoms with Gasteiger partial charge in [0.05, 0.1) is 25.6 Å². The van der Waals surface area contributed by atoms with Crippen molar-refractivity contribution in [2.75, 3.05) is 14.2 Å². The van der Waals surface area contributed by atoms with E-state index in [4.69, 9.17) is 4.74 Å². The molecule has 0 aliphatic heterocycles. The van der Waals surface area contributed by atoms with Crippen molar-refractivity contribution >= 4 is 11.7 Å². The van der Waals surface area contributed by atoms with Crippen LogP contribution in [0.2, 0.25) is 0 Å². The first-order valence-electron chi connectivity index (χ1n) is 4.57. The highest BCUT2D eigenvalue weighted by atomic mass is 19.1. The highest BCUT2D eigenvalue weighted by Crippen LogP contribution is 2.28. The Hall–Kier alpha value is -2.18. The molecule has 6 nitrogen and oxygen atoms in total. The van der Waals surface area contributed by atoms with Gasteiger partial charge in [0.25, 0.3) is 0 Å². The van der Waals surface area contributed by atoms with Gasteiger partial charge in [-0.3, -0.25) is 14.9 Å². The predicted octanol–water partition coefficient (Wildman–Crippen LogP) is 1.46. The molecule has 0 saturated heterocycles. The van der Waals surface area contributed by atoms with Crippen LogP contribution in [0.5, 0.6) is 5.75 Å². The van der Waals surface area contributed by atoms with E-state index in [1.807, 2.05) is 0 Å². The maximum absolute atomic E-state index is 13.2. The third kappa shape index (κ3) is 2.90. The zero-order chi connectivity index (χ0) is 13.0. The van der Waals surface area contributed by atoms with Crippen molar-refractivity contribution in [1.82, 2.24) is 0 Å². The van der Waals surface area contributed by atoms with E-state index >= 15 is 0 Å². The smallest absolute Gasteiger partial charge is 0.310 e. The van der Waals surface area contributed by atoms with Gasteiger partial charge in [0.15, 0.2) is 0 Å². The first-order valence-corrected chi connectivity index (χ1v) is 4.57. The Morgan fingerprint density at radius 3 is 2.59 bits per heavy atom. The molecule has 0 aromatic heterocycles. The van der Waals surface area contributed by atoms with Gasteiger partial charge in [-0.2, -0.15) is 4.39 Å². The number of esters is 1. The number of hydrogen-bond donors (Lipinski definition) is 0. The minimum Gasteiger partial charge on any atom is -0.496 e. The van der Waals surface area contributed by atoms with Crippen molar-refractivity contribution in [1.29, 1.82) is 0 Å². The molecule has 0 aliphatic rings. The van der Waals surface area contributed by atoms with Crippen molar-refractivity contribution in [3.8, 4) is 5.75 Å². The molecular formula is C10H10FNO5. The van der Waals surface area contributed by atoms with Crippen LogP contribution in [-0.2, 0) is 16.0 Å². The summed E-state index contributed by atoms with van der Waals surface area (Å²) in [4.78, 5) is 20.7. The molecule has 0 atom stereocenters. The highest BCUT2D eigenvalue weighted by molar-refractivity contribution is 5.74. The lowest BCUT2D eigenvalue weighted by Crippen LogP contribution is -2.07. The number of benzene rings is 1. The summed E-state index contributed by atoms with van der Waals surface area (Å²) in [5, 5.41) is 10.5. The fourth-order valence-corrected chi connectivity index (χ4v) is 1.28. The average Bonchev–Trinajstić information content (AvgIpc) is 2.30. The van der Waals surface area contributed by atoms with Crippen LogP contribution < -0.4 is 4.74 Å². The minimum absolute atomic E-state index is 0.0681. The topological polar surface area (TPSA) is 78.7 Å². The lowest BCUT2D eigenvalue weighted by molar-refractivity contribution is -0.387. The van der Waals surface area contributed by atoms with Gasteiger partial charge in [0.1, 0.15) is 5.75 Å². The molecule has 1 rings (SSSR count). The number of carbonyl (C=O) groups is 1. The van der Waals surface area contributed by atoms with Crippen molar-refractivity contribution in [3.05, 3.63) is 33.6 Å². The second-order valence-electron chi connectivity index (χ2n) is 3.13. The summed E-state index contributed by atoms with van der Waals surface area (Å²) in [5.74, 6) is -1.54. The normalized spacial score (nSPS) is 9.82. The average molecular weight is 243 g/mol. The van der Waals surface area contributed by atoms with Gasteiger partial charge in [0, 0.05) is 17.7 Å². The van der Waals surface area contributed by atoms with Crippen LogP contribution in [0.15, 0.2) is 12.1 Å². The molecule has 0 spiro atoms. The Balaban J connectivity index is 3.21. The van der Waals surface area contributed by atoms with Crippen molar-refractivity contribution in [3.63, 3.8) is 0 Å². The van der Waals surface area contributed by atoms with E-state index in [1.165, 1.54) is 14.2 Å². The number of nitrogens with zero attached hydrogens (tertiary/aromatic N) is 1. The lowest BCUT2D eigenvalue weighted by atomic mass is 10.1. The molecule has 0 aliphatic carbocycles. The van der Waals surface area contributed by atoms with Crippen LogP contribution in [0, 0.1) is 15.9 Å². The SMILES string of the molecule is COC(=O)Cc1cc([N+](=O)[O-])c(F)cc1OC. The van der Waals surface area contributed by atoms with E-state index in [-0.39, 0.29) is 17.7 Å². The standard InChI is InChI=1S/C10H10FNO5/c1-16-9-5-7(11)8(12(14)15)3-6(9)4-10(13)17-2/h3,5H,4H2,1-2H3. The van der Waals surface area contributed by atoms with Gasteiger partial charge in [-0.1, -0.05) is 0 Å². The van der Waals surface area contributed by atoms with Gasteiger partial charge in [-0.15, -0.1) is 0 Å². The summed E-state index contributed by atoms with van der Waals surface area (Å²) >= 11 is 0. The maximum atomic E-state index is 13.2. The van der Waals surface area contributed by atoms with E-state index in [2.05, 4.69) is 4.74 Å². The van der Waals surface area contributed by atoms with Crippen LogP contribution in [-0.4, -0.2) is 25.1 Å². The molecule has 92 valence electrons. The lowest BCUT2D eigenvalue weighted by Gasteiger charge is -2.07. The van der Waals surface area contributed by atoms with Crippen molar-refractivity contribution < 1.29 is 23.6 Å². The van der Waals surface area contributed by atoms with Gasteiger partial charge in [-0.05, 0) is 0 Å². The maximum Gasteiger partial charge on any atom is 0.310 e. The first-order chi connectivity index (χ1) is 7.99. The van der Waals surface area contributed by atoms with Gasteiger partial charge < -0.3 is 9.47 Å². The summed E-state index contributed by atoms with van der Waals surface area (Å²) in [6, 6.07) is 1.83. The zero-order valence-electron chi connectivity index (χ0n) is 9.23. The molecule has 0 heterocycles. The van der Waals surface area contributed by atoms with Crippen LogP contribution in [0.1, 0.15) is 5.56 Å². The fraction of sp³-hybridized carbons (Fsp3) is 0.300. The third-order valence-corrected chi connectivity index (χ3v) is 2.11. The second-order valence-corrected chi connectivity index (χ2v) is 3.13. The van der Waals surface area contributed by atoms with Gasteiger partial charge >= 0.3 is 11.7 Å². The highest BCUT2D eigenvalue weighted by Gasteiger charge is 2.20. The van der Waals surface area contributed by atoms with Gasteiger partial charge in [-0.25, -0.2) is 0 Å². The molecule has 0 saturated carbocycles. The summed E-state index contributed by atoms with van der Waals surface area (Å²) in [6.45, 7) is 0. The Morgan fingerprint density at radius 2 is 2.12 bits per heavy atom. The Kier molecular flexibility index (Phi) is 3.97. The molecule has 7 heteroatoms. The van der Waals surface area contributed by atoms with E-state index in [0.717, 1.165) is 12.1 Å². The minimum atomic E-state index is -1.01. The van der Waals surface area contributed by atoms with E-state index in [1.54, 1.807) is 0 Å². The first kappa shape index (κ1) is 12.9. The summed E-state index contributed by atoms with van der Waals surface area (Å²) in [7, 11) is 2.47. The van der Waals surface area contributed by atoms with Gasteiger partial charge in [0.2, 0.25) is 5.82 Å². The molecule has 0 amide bonds. The molecular weight excluding hydrogens is 233 g/mol. The summed E-state index contributed by atoms with van der Waals surface area (Å²) in [6.07, 6.45) is -0.221.